The predicted molar refractivity (Wildman–Crippen MR) is 31.2 cm³/mol. The molecule has 3 N–H and O–H groups in total. The third-order valence-electron chi connectivity index (χ3n) is 1.53. The van der Waals surface area contributed by atoms with E-state index in [4.69, 9.17) is 5.41 Å². The van der Waals surface area contributed by atoms with Crippen molar-refractivity contribution in [2.75, 3.05) is 13.1 Å². The van der Waals surface area contributed by atoms with Crippen molar-refractivity contribution in [1.82, 2.24) is 5.32 Å². The largest absolute Gasteiger partial charge is 0.381 e. The molecule has 0 unspecified atom stereocenters. The lowest BCUT2D eigenvalue weighted by atomic mass is 9.92. The highest BCUT2D eigenvalue weighted by atomic mass is 16.3. The molecule has 1 aliphatic heterocycles. The van der Waals surface area contributed by atoms with Crippen molar-refractivity contribution in [3.05, 3.63) is 0 Å². The van der Waals surface area contributed by atoms with Gasteiger partial charge in [-0.1, -0.05) is 0 Å². The van der Waals surface area contributed by atoms with Crippen molar-refractivity contribution < 1.29 is 5.11 Å². The second-order valence-electron chi connectivity index (χ2n) is 2.26. The zero-order valence-electron chi connectivity index (χ0n) is 4.86. The van der Waals surface area contributed by atoms with Crippen LogP contribution in [-0.4, -0.2) is 29.5 Å². The number of nitrogens with one attached hydrogen (secondary N) is 2. The van der Waals surface area contributed by atoms with Crippen LogP contribution < -0.4 is 5.32 Å². The van der Waals surface area contributed by atoms with Crippen molar-refractivity contribution in [2.45, 2.75) is 12.5 Å². The molecule has 0 amide bonds. The van der Waals surface area contributed by atoms with Gasteiger partial charge in [0.15, 0.2) is 0 Å². The molecular formula is C5H10N2O. The molecule has 8 heavy (non-hydrogen) atoms. The number of rotatable bonds is 1. The van der Waals surface area contributed by atoms with Gasteiger partial charge in [0, 0.05) is 18.8 Å². The Morgan fingerprint density at radius 1 is 1.75 bits per heavy atom. The molecule has 0 spiro atoms. The molecule has 0 saturated carbocycles. The molecule has 46 valence electrons. The first-order valence-electron chi connectivity index (χ1n) is 2.64. The summed E-state index contributed by atoms with van der Waals surface area (Å²) in [4.78, 5) is 0. The third kappa shape index (κ3) is 0.638. The average Bonchev–Trinajstić information content (AvgIpc) is 1.60. The van der Waals surface area contributed by atoms with Crippen molar-refractivity contribution in [3.8, 4) is 0 Å². The monoisotopic (exact) mass is 114 g/mol. The smallest absolute Gasteiger partial charge is 0.126 e. The van der Waals surface area contributed by atoms with E-state index >= 15 is 0 Å². The Balaban J connectivity index is 2.53. The Labute approximate surface area is 48.2 Å². The van der Waals surface area contributed by atoms with Gasteiger partial charge in [-0.05, 0) is 6.92 Å². The van der Waals surface area contributed by atoms with Gasteiger partial charge in [-0.3, -0.25) is 0 Å². The minimum atomic E-state index is -0.806. The summed E-state index contributed by atoms with van der Waals surface area (Å²) in [6.45, 7) is 2.71. The minimum absolute atomic E-state index is 0.358. The molecule has 0 aromatic carbocycles. The first-order chi connectivity index (χ1) is 3.65. The summed E-state index contributed by atoms with van der Waals surface area (Å²) in [7, 11) is 0. The maximum Gasteiger partial charge on any atom is 0.126 e. The van der Waals surface area contributed by atoms with Crippen LogP contribution in [0.2, 0.25) is 0 Å². The standard InChI is InChI=1S/C5H10N2O/c1-4(6)5(8)2-7-3-5/h6-8H,2-3H2,1H3. The Morgan fingerprint density at radius 3 is 2.25 bits per heavy atom. The van der Waals surface area contributed by atoms with Crippen LogP contribution in [0.25, 0.3) is 0 Å². The summed E-state index contributed by atoms with van der Waals surface area (Å²) >= 11 is 0. The number of β-amino-alcohol motifs (C(OH)–C–C–N with tert-alkyl or cyclic N) is 1. The molecule has 0 aromatic heterocycles. The molecule has 3 nitrogen and oxygen atoms in total. The second kappa shape index (κ2) is 1.53. The van der Waals surface area contributed by atoms with Gasteiger partial charge >= 0.3 is 0 Å². The summed E-state index contributed by atoms with van der Waals surface area (Å²) in [5.41, 5.74) is -0.448. The lowest BCUT2D eigenvalue weighted by Crippen LogP contribution is -2.63. The molecule has 1 heterocycles. The molecular weight excluding hydrogens is 104 g/mol. The van der Waals surface area contributed by atoms with Gasteiger partial charge in [0.05, 0.1) is 0 Å². The average molecular weight is 114 g/mol. The van der Waals surface area contributed by atoms with Gasteiger partial charge in [0.25, 0.3) is 0 Å². The Hall–Kier alpha value is -0.410. The van der Waals surface area contributed by atoms with E-state index in [2.05, 4.69) is 5.32 Å². The van der Waals surface area contributed by atoms with Gasteiger partial charge in [-0.25, -0.2) is 0 Å². The van der Waals surface area contributed by atoms with Crippen molar-refractivity contribution in [3.63, 3.8) is 0 Å². The fourth-order valence-corrected chi connectivity index (χ4v) is 0.627. The highest BCUT2D eigenvalue weighted by Crippen LogP contribution is 2.10. The van der Waals surface area contributed by atoms with Crippen LogP contribution in [0.4, 0.5) is 0 Å². The fourth-order valence-electron chi connectivity index (χ4n) is 0.627. The normalized spacial score (nSPS) is 24.2. The Kier molecular flexibility index (Phi) is 1.10. The molecule has 0 atom stereocenters. The summed E-state index contributed by atoms with van der Waals surface area (Å²) in [5, 5.41) is 19.2. The highest BCUT2D eigenvalue weighted by molar-refractivity contribution is 5.88. The van der Waals surface area contributed by atoms with Crippen LogP contribution in [0.1, 0.15) is 6.92 Å². The Morgan fingerprint density at radius 2 is 2.25 bits per heavy atom. The molecule has 0 radical (unpaired) electrons. The van der Waals surface area contributed by atoms with E-state index in [0.29, 0.717) is 18.8 Å². The molecule has 1 fully saturated rings. The maximum atomic E-state index is 9.20. The van der Waals surface area contributed by atoms with E-state index in [1.165, 1.54) is 0 Å². The van der Waals surface area contributed by atoms with E-state index in [-0.39, 0.29) is 0 Å². The van der Waals surface area contributed by atoms with Gasteiger partial charge in [-0.15, -0.1) is 0 Å². The predicted octanol–water partition coefficient (Wildman–Crippen LogP) is -0.640. The van der Waals surface area contributed by atoms with E-state index in [0.717, 1.165) is 0 Å². The van der Waals surface area contributed by atoms with Gasteiger partial charge in [-0.2, -0.15) is 0 Å². The molecule has 0 bridgehead atoms. The first kappa shape index (κ1) is 5.72. The number of aliphatic hydroxyl groups is 1. The van der Waals surface area contributed by atoms with Crippen molar-refractivity contribution >= 4 is 5.71 Å². The fraction of sp³-hybridized carbons (Fsp3) is 0.800. The molecule has 1 saturated heterocycles. The van der Waals surface area contributed by atoms with Crippen LogP contribution in [0, 0.1) is 5.41 Å². The zero-order chi connectivity index (χ0) is 6.20. The minimum Gasteiger partial charge on any atom is -0.381 e. The van der Waals surface area contributed by atoms with Gasteiger partial charge < -0.3 is 15.8 Å². The summed E-state index contributed by atoms with van der Waals surface area (Å²) in [6.07, 6.45) is 0. The second-order valence-corrected chi connectivity index (χ2v) is 2.26. The lowest BCUT2D eigenvalue weighted by molar-refractivity contribution is 0.0559. The van der Waals surface area contributed by atoms with Crippen LogP contribution in [0.15, 0.2) is 0 Å². The molecule has 3 heteroatoms. The van der Waals surface area contributed by atoms with E-state index < -0.39 is 5.60 Å². The van der Waals surface area contributed by atoms with E-state index in [1.807, 2.05) is 0 Å². The quantitative estimate of drug-likeness (QED) is 0.397. The molecule has 0 aliphatic carbocycles. The topological polar surface area (TPSA) is 56.1 Å². The van der Waals surface area contributed by atoms with Gasteiger partial charge in [0.2, 0.25) is 0 Å². The van der Waals surface area contributed by atoms with Crippen LogP contribution in [0.3, 0.4) is 0 Å². The zero-order valence-corrected chi connectivity index (χ0v) is 4.86. The molecule has 1 rings (SSSR count). The summed E-state index contributed by atoms with van der Waals surface area (Å²) < 4.78 is 0. The van der Waals surface area contributed by atoms with Crippen LogP contribution in [0.5, 0.6) is 0 Å². The molecule has 0 aromatic rings. The highest BCUT2D eigenvalue weighted by Gasteiger charge is 2.36. The molecule has 1 aliphatic rings. The Bertz CT molecular complexity index is 118. The number of hydrogen-bond acceptors (Lipinski definition) is 3. The maximum absolute atomic E-state index is 9.20. The summed E-state index contributed by atoms with van der Waals surface area (Å²) in [5.74, 6) is 0. The SMILES string of the molecule is CC(=N)C1(O)CNC1. The third-order valence-corrected chi connectivity index (χ3v) is 1.53. The van der Waals surface area contributed by atoms with Crippen molar-refractivity contribution in [2.24, 2.45) is 0 Å². The van der Waals surface area contributed by atoms with E-state index in [1.54, 1.807) is 6.92 Å². The van der Waals surface area contributed by atoms with Crippen molar-refractivity contribution in [1.29, 1.82) is 5.41 Å². The van der Waals surface area contributed by atoms with Gasteiger partial charge in [0.1, 0.15) is 5.60 Å². The first-order valence-corrected chi connectivity index (χ1v) is 2.64. The van der Waals surface area contributed by atoms with E-state index in [9.17, 15) is 5.11 Å². The van der Waals surface area contributed by atoms with Crippen LogP contribution in [-0.2, 0) is 0 Å². The number of hydrogen-bond donors (Lipinski definition) is 3. The lowest BCUT2D eigenvalue weighted by Gasteiger charge is -2.36. The van der Waals surface area contributed by atoms with Crippen LogP contribution >= 0.6 is 0 Å². The summed E-state index contributed by atoms with van der Waals surface area (Å²) in [6, 6.07) is 0.